The first-order valence-corrected chi connectivity index (χ1v) is 13.6. The molecule has 0 bridgehead atoms. The molecule has 3 rings (SSSR count). The third-order valence-corrected chi connectivity index (χ3v) is 9.50. The molecular weight excluding hydrogens is 452 g/mol. The first kappa shape index (κ1) is 24.7. The summed E-state index contributed by atoms with van der Waals surface area (Å²) in [5.41, 5.74) is 0.226. The second kappa shape index (κ2) is 10.3. The molecular formula is C21H30N4O5S2. The Balaban J connectivity index is 1.64. The summed E-state index contributed by atoms with van der Waals surface area (Å²) in [7, 11) is -5.76. The zero-order valence-electron chi connectivity index (χ0n) is 18.2. The maximum Gasteiger partial charge on any atom is 0.282 e. The fourth-order valence-electron chi connectivity index (χ4n) is 4.14. The van der Waals surface area contributed by atoms with Gasteiger partial charge in [-0.3, -0.25) is 4.79 Å². The van der Waals surface area contributed by atoms with Gasteiger partial charge in [0, 0.05) is 44.8 Å². The highest BCUT2D eigenvalue weighted by molar-refractivity contribution is 7.89. The topological polar surface area (TPSA) is 107 Å². The van der Waals surface area contributed by atoms with Crippen LogP contribution in [0.15, 0.2) is 29.2 Å². The Morgan fingerprint density at radius 3 is 2.41 bits per heavy atom. The number of rotatable bonds is 7. The Morgan fingerprint density at radius 1 is 1.12 bits per heavy atom. The minimum Gasteiger partial charge on any atom is -0.336 e. The maximum absolute atomic E-state index is 13.0. The lowest BCUT2D eigenvalue weighted by atomic mass is 9.96. The Labute approximate surface area is 191 Å². The van der Waals surface area contributed by atoms with Crippen LogP contribution in [0.5, 0.6) is 0 Å². The van der Waals surface area contributed by atoms with Crippen molar-refractivity contribution in [1.82, 2.24) is 18.2 Å². The molecule has 9 nitrogen and oxygen atoms in total. The number of benzene rings is 1. The average Bonchev–Trinajstić information content (AvgIpc) is 2.82. The first-order chi connectivity index (χ1) is 15.2. The molecule has 0 atom stereocenters. The van der Waals surface area contributed by atoms with E-state index in [2.05, 4.69) is 10.6 Å². The number of amides is 1. The van der Waals surface area contributed by atoms with Gasteiger partial charge >= 0.3 is 0 Å². The van der Waals surface area contributed by atoms with E-state index in [1.807, 2.05) is 0 Å². The van der Waals surface area contributed by atoms with Gasteiger partial charge in [0.05, 0.1) is 11.4 Å². The number of carbonyl (C=O) groups is 1. The molecule has 0 aromatic heterocycles. The van der Waals surface area contributed by atoms with Gasteiger partial charge in [-0.1, -0.05) is 31.2 Å². The van der Waals surface area contributed by atoms with Crippen LogP contribution in [-0.4, -0.2) is 82.1 Å². The highest BCUT2D eigenvalue weighted by Gasteiger charge is 2.35. The minimum atomic E-state index is -3.81. The summed E-state index contributed by atoms with van der Waals surface area (Å²) in [6.07, 6.45) is 10.1. The second-order valence-corrected chi connectivity index (χ2v) is 11.8. The summed E-state index contributed by atoms with van der Waals surface area (Å²) >= 11 is 0. The maximum atomic E-state index is 13.0. The molecule has 1 heterocycles. The van der Waals surface area contributed by atoms with Crippen molar-refractivity contribution in [1.29, 1.82) is 0 Å². The summed E-state index contributed by atoms with van der Waals surface area (Å²) in [4.78, 5) is 14.4. The van der Waals surface area contributed by atoms with Crippen LogP contribution in [0.3, 0.4) is 0 Å². The third kappa shape index (κ3) is 5.50. The predicted molar refractivity (Wildman–Crippen MR) is 121 cm³/mol. The van der Waals surface area contributed by atoms with E-state index in [-0.39, 0.29) is 55.1 Å². The van der Waals surface area contributed by atoms with Gasteiger partial charge in [-0.2, -0.15) is 21.8 Å². The number of nitrogens with one attached hydrogen (secondary N) is 1. The summed E-state index contributed by atoms with van der Waals surface area (Å²) in [6.45, 7) is 0.734. The zero-order chi connectivity index (χ0) is 23.4. The molecule has 0 radical (unpaired) electrons. The number of nitrogens with zero attached hydrogens (tertiary/aromatic N) is 3. The van der Waals surface area contributed by atoms with Crippen molar-refractivity contribution >= 4 is 26.1 Å². The van der Waals surface area contributed by atoms with Crippen LogP contribution >= 0.6 is 0 Å². The molecule has 0 spiro atoms. The second-order valence-electron chi connectivity index (χ2n) is 8.06. The van der Waals surface area contributed by atoms with Crippen molar-refractivity contribution in [3.8, 4) is 12.3 Å². The van der Waals surface area contributed by atoms with Crippen LogP contribution in [0.1, 0.15) is 42.5 Å². The van der Waals surface area contributed by atoms with E-state index in [0.717, 1.165) is 32.1 Å². The average molecular weight is 483 g/mol. The minimum absolute atomic E-state index is 0.0289. The molecule has 2 aliphatic rings. The van der Waals surface area contributed by atoms with Gasteiger partial charge in [-0.25, -0.2) is 8.42 Å². The van der Waals surface area contributed by atoms with Gasteiger partial charge in [0.15, 0.2) is 0 Å². The van der Waals surface area contributed by atoms with Gasteiger partial charge in [0.25, 0.3) is 16.1 Å². The first-order valence-electron chi connectivity index (χ1n) is 10.7. The summed E-state index contributed by atoms with van der Waals surface area (Å²) in [6, 6.07) is 5.77. The molecule has 1 aromatic carbocycles. The van der Waals surface area contributed by atoms with E-state index in [1.165, 1.54) is 26.8 Å². The van der Waals surface area contributed by atoms with Crippen molar-refractivity contribution in [2.24, 2.45) is 0 Å². The number of carbonyl (C=O) groups excluding carboxylic acids is 1. The van der Waals surface area contributed by atoms with Gasteiger partial charge in [-0.05, 0) is 31.0 Å². The van der Waals surface area contributed by atoms with Gasteiger partial charge < -0.3 is 4.90 Å². The molecule has 1 aliphatic heterocycles. The lowest BCUT2D eigenvalue weighted by Gasteiger charge is -2.38. The summed E-state index contributed by atoms with van der Waals surface area (Å²) in [5.74, 6) is 1.87. The van der Waals surface area contributed by atoms with E-state index in [0.29, 0.717) is 0 Å². The lowest BCUT2D eigenvalue weighted by Crippen LogP contribution is -2.55. The highest BCUT2D eigenvalue weighted by Crippen LogP contribution is 2.25. The Bertz CT molecular complexity index is 1070. The summed E-state index contributed by atoms with van der Waals surface area (Å²) in [5, 5.41) is 0. The van der Waals surface area contributed by atoms with Crippen LogP contribution in [0.4, 0.5) is 0 Å². The normalized spacial score (nSPS) is 19.1. The number of hydrogen-bond acceptors (Lipinski definition) is 5. The fourth-order valence-corrected chi connectivity index (χ4v) is 6.69. The van der Waals surface area contributed by atoms with E-state index in [1.54, 1.807) is 18.0 Å². The zero-order valence-corrected chi connectivity index (χ0v) is 19.9. The van der Waals surface area contributed by atoms with Crippen molar-refractivity contribution < 1.29 is 21.6 Å². The molecule has 1 aliphatic carbocycles. The molecule has 2 fully saturated rings. The molecule has 1 amide bonds. The number of sulfonamides is 1. The summed E-state index contributed by atoms with van der Waals surface area (Å²) < 4.78 is 55.8. The molecule has 1 saturated carbocycles. The Morgan fingerprint density at radius 2 is 1.78 bits per heavy atom. The lowest BCUT2D eigenvalue weighted by molar-refractivity contribution is 0.0692. The number of hydrogen-bond donors (Lipinski definition) is 1. The third-order valence-electron chi connectivity index (χ3n) is 6.06. The van der Waals surface area contributed by atoms with Gasteiger partial charge in [0.2, 0.25) is 10.0 Å². The standard InChI is InChI=1S/C21H30N4O5S2/c1-3-12-22-31(27,28)20-11-7-8-18(17-20)21(26)24-13-15-25(16-14-24)32(29,30)23(2)19-9-5-4-6-10-19/h1,7-8,11,17,19,22H,4-6,9-10,12-16H2,2H3. The Hall–Kier alpha value is -1.97. The van der Waals surface area contributed by atoms with Crippen LogP contribution < -0.4 is 4.72 Å². The molecule has 11 heteroatoms. The smallest absolute Gasteiger partial charge is 0.282 e. The van der Waals surface area contributed by atoms with Crippen LogP contribution in [0, 0.1) is 12.3 Å². The van der Waals surface area contributed by atoms with Crippen LogP contribution in [0.2, 0.25) is 0 Å². The molecule has 1 saturated heterocycles. The van der Waals surface area contributed by atoms with E-state index in [4.69, 9.17) is 6.42 Å². The highest BCUT2D eigenvalue weighted by atomic mass is 32.2. The van der Waals surface area contributed by atoms with Crippen molar-refractivity contribution in [2.75, 3.05) is 39.8 Å². The van der Waals surface area contributed by atoms with Crippen molar-refractivity contribution in [3.63, 3.8) is 0 Å². The molecule has 0 unspecified atom stereocenters. The molecule has 1 aromatic rings. The predicted octanol–water partition coefficient (Wildman–Crippen LogP) is 0.865. The van der Waals surface area contributed by atoms with Crippen LogP contribution in [-0.2, 0) is 20.2 Å². The largest absolute Gasteiger partial charge is 0.336 e. The number of piperazine rings is 1. The van der Waals surface area contributed by atoms with Gasteiger partial charge in [-0.15, -0.1) is 6.42 Å². The van der Waals surface area contributed by atoms with E-state index in [9.17, 15) is 21.6 Å². The van der Waals surface area contributed by atoms with E-state index >= 15 is 0 Å². The SMILES string of the molecule is C#CCNS(=O)(=O)c1cccc(C(=O)N2CCN(S(=O)(=O)N(C)C3CCCCC3)CC2)c1. The fraction of sp³-hybridized carbons (Fsp3) is 0.571. The molecule has 1 N–H and O–H groups in total. The Kier molecular flexibility index (Phi) is 7.95. The quantitative estimate of drug-likeness (QED) is 0.580. The number of terminal acetylenes is 1. The van der Waals surface area contributed by atoms with Crippen LogP contribution in [0.25, 0.3) is 0 Å². The van der Waals surface area contributed by atoms with Crippen molar-refractivity contribution in [2.45, 2.75) is 43.0 Å². The monoisotopic (exact) mass is 482 g/mol. The van der Waals surface area contributed by atoms with Gasteiger partial charge in [0.1, 0.15) is 0 Å². The molecule has 176 valence electrons. The van der Waals surface area contributed by atoms with Crippen molar-refractivity contribution in [3.05, 3.63) is 29.8 Å². The molecule has 32 heavy (non-hydrogen) atoms. The van der Waals surface area contributed by atoms with E-state index < -0.39 is 20.2 Å².